The summed E-state index contributed by atoms with van der Waals surface area (Å²) in [5, 5.41) is 14.6. The fraction of sp³-hybridized carbons (Fsp3) is 0.833. The third-order valence-corrected chi connectivity index (χ3v) is 3.78. The molecule has 6 heteroatoms. The van der Waals surface area contributed by atoms with Crippen molar-refractivity contribution in [3.05, 3.63) is 0 Å². The Morgan fingerprint density at radius 3 is 2.78 bits per heavy atom. The number of carboxylic acid groups (broad SMARTS) is 1. The summed E-state index contributed by atoms with van der Waals surface area (Å²) in [5.74, 6) is -0.173. The highest BCUT2D eigenvalue weighted by molar-refractivity contribution is 5.79. The molecule has 2 unspecified atom stereocenters. The molecule has 0 radical (unpaired) electrons. The number of carbonyl (C=O) groups excluding carboxylic acids is 1. The summed E-state index contributed by atoms with van der Waals surface area (Å²) in [6, 6.07) is -0.783. The van der Waals surface area contributed by atoms with E-state index in [1.54, 1.807) is 6.92 Å². The van der Waals surface area contributed by atoms with Gasteiger partial charge in [-0.05, 0) is 19.3 Å². The highest BCUT2D eigenvalue weighted by atomic mass is 16.5. The predicted octanol–water partition coefficient (Wildman–Crippen LogP) is 0.575. The molecule has 1 saturated heterocycles. The Kier molecular flexibility index (Phi) is 3.75. The standard InChI is InChI=1S/C12H20N2O4/c1-12(10(15)16)7-18-6-9(12)14-11(17)13-5-4-8-2-3-8/h8-9H,2-7H2,1H3,(H,15,16)(H2,13,14,17). The van der Waals surface area contributed by atoms with Gasteiger partial charge < -0.3 is 20.5 Å². The van der Waals surface area contributed by atoms with Crippen LogP contribution in [0.2, 0.25) is 0 Å². The molecule has 18 heavy (non-hydrogen) atoms. The molecule has 2 atom stereocenters. The van der Waals surface area contributed by atoms with Crippen LogP contribution in [0, 0.1) is 11.3 Å². The Hall–Kier alpha value is -1.30. The van der Waals surface area contributed by atoms with Crippen LogP contribution in [-0.2, 0) is 9.53 Å². The highest BCUT2D eigenvalue weighted by Crippen LogP contribution is 2.31. The first-order valence-corrected chi connectivity index (χ1v) is 6.38. The molecule has 2 rings (SSSR count). The van der Waals surface area contributed by atoms with Gasteiger partial charge in [-0.15, -0.1) is 0 Å². The van der Waals surface area contributed by atoms with Crippen molar-refractivity contribution in [2.75, 3.05) is 19.8 Å². The number of hydrogen-bond donors (Lipinski definition) is 3. The van der Waals surface area contributed by atoms with Gasteiger partial charge in [-0.3, -0.25) is 4.79 Å². The first-order chi connectivity index (χ1) is 8.52. The van der Waals surface area contributed by atoms with Crippen molar-refractivity contribution >= 4 is 12.0 Å². The fourth-order valence-electron chi connectivity index (χ4n) is 2.09. The van der Waals surface area contributed by atoms with Gasteiger partial charge >= 0.3 is 12.0 Å². The summed E-state index contributed by atoms with van der Waals surface area (Å²) in [4.78, 5) is 22.8. The van der Waals surface area contributed by atoms with E-state index in [0.717, 1.165) is 12.3 Å². The van der Waals surface area contributed by atoms with E-state index >= 15 is 0 Å². The summed E-state index contributed by atoms with van der Waals surface area (Å²) < 4.78 is 5.16. The van der Waals surface area contributed by atoms with E-state index in [1.165, 1.54) is 12.8 Å². The van der Waals surface area contributed by atoms with Crippen LogP contribution in [-0.4, -0.2) is 42.9 Å². The molecule has 2 amide bonds. The Morgan fingerprint density at radius 1 is 1.44 bits per heavy atom. The van der Waals surface area contributed by atoms with Gasteiger partial charge in [0.1, 0.15) is 5.41 Å². The van der Waals surface area contributed by atoms with E-state index in [1.807, 2.05) is 0 Å². The van der Waals surface area contributed by atoms with Crippen LogP contribution in [0.5, 0.6) is 0 Å². The lowest BCUT2D eigenvalue weighted by molar-refractivity contribution is -0.148. The van der Waals surface area contributed by atoms with Gasteiger partial charge in [-0.25, -0.2) is 4.79 Å². The van der Waals surface area contributed by atoms with E-state index < -0.39 is 17.4 Å². The van der Waals surface area contributed by atoms with Crippen molar-refractivity contribution in [1.29, 1.82) is 0 Å². The number of carboxylic acids is 1. The molecule has 2 fully saturated rings. The van der Waals surface area contributed by atoms with Crippen LogP contribution in [0.4, 0.5) is 4.79 Å². The van der Waals surface area contributed by atoms with Gasteiger partial charge in [0.2, 0.25) is 0 Å². The molecular weight excluding hydrogens is 236 g/mol. The van der Waals surface area contributed by atoms with Crippen LogP contribution in [0.25, 0.3) is 0 Å². The number of ether oxygens (including phenoxy) is 1. The van der Waals surface area contributed by atoms with E-state index in [0.29, 0.717) is 6.54 Å². The molecule has 0 aromatic rings. The Balaban J connectivity index is 1.76. The first kappa shape index (κ1) is 13.1. The number of amides is 2. The lowest BCUT2D eigenvalue weighted by Crippen LogP contribution is -2.52. The maximum absolute atomic E-state index is 11.6. The van der Waals surface area contributed by atoms with Gasteiger partial charge in [0.15, 0.2) is 0 Å². The third kappa shape index (κ3) is 2.93. The Morgan fingerprint density at radius 2 is 2.17 bits per heavy atom. The highest BCUT2D eigenvalue weighted by Gasteiger charge is 2.47. The van der Waals surface area contributed by atoms with Crippen molar-refractivity contribution in [3.8, 4) is 0 Å². The molecule has 1 heterocycles. The van der Waals surface area contributed by atoms with Crippen molar-refractivity contribution in [2.24, 2.45) is 11.3 Å². The maximum atomic E-state index is 11.6. The lowest BCUT2D eigenvalue weighted by Gasteiger charge is -2.25. The summed E-state index contributed by atoms with van der Waals surface area (Å²) in [7, 11) is 0. The topological polar surface area (TPSA) is 87.7 Å². The molecule has 1 aliphatic heterocycles. The van der Waals surface area contributed by atoms with Gasteiger partial charge in [0, 0.05) is 6.54 Å². The van der Waals surface area contributed by atoms with Gasteiger partial charge in [-0.2, -0.15) is 0 Å². The minimum Gasteiger partial charge on any atom is -0.481 e. The maximum Gasteiger partial charge on any atom is 0.315 e. The van der Waals surface area contributed by atoms with Crippen molar-refractivity contribution in [3.63, 3.8) is 0 Å². The number of hydrogen-bond acceptors (Lipinski definition) is 3. The number of rotatable bonds is 5. The zero-order valence-corrected chi connectivity index (χ0v) is 10.6. The molecule has 102 valence electrons. The molecule has 6 nitrogen and oxygen atoms in total. The molecule has 1 saturated carbocycles. The molecule has 0 aromatic carbocycles. The quantitative estimate of drug-likeness (QED) is 0.671. The molecule has 0 bridgehead atoms. The van der Waals surface area contributed by atoms with Crippen molar-refractivity contribution in [2.45, 2.75) is 32.2 Å². The average molecular weight is 256 g/mol. The average Bonchev–Trinajstić information content (AvgIpc) is 3.04. The Bertz CT molecular complexity index is 343. The smallest absolute Gasteiger partial charge is 0.315 e. The minimum absolute atomic E-state index is 0.134. The zero-order valence-electron chi connectivity index (χ0n) is 10.6. The van der Waals surface area contributed by atoms with Crippen molar-refractivity contribution in [1.82, 2.24) is 10.6 Å². The minimum atomic E-state index is -1.03. The summed E-state index contributed by atoms with van der Waals surface area (Å²) in [5.41, 5.74) is -1.03. The largest absolute Gasteiger partial charge is 0.481 e. The summed E-state index contributed by atoms with van der Waals surface area (Å²) in [6.45, 7) is 2.62. The zero-order chi connectivity index (χ0) is 13.2. The van der Waals surface area contributed by atoms with Gasteiger partial charge in [0.25, 0.3) is 0 Å². The van der Waals surface area contributed by atoms with Crippen LogP contribution >= 0.6 is 0 Å². The SMILES string of the molecule is CC1(C(=O)O)COCC1NC(=O)NCCC1CC1. The van der Waals surface area contributed by atoms with Gasteiger partial charge in [-0.1, -0.05) is 12.8 Å². The van der Waals surface area contributed by atoms with Crippen molar-refractivity contribution < 1.29 is 19.4 Å². The number of urea groups is 1. The molecule has 1 aliphatic carbocycles. The van der Waals surface area contributed by atoms with Crippen LogP contribution in [0.3, 0.4) is 0 Å². The second-order valence-electron chi connectivity index (χ2n) is 5.42. The molecule has 0 spiro atoms. The number of carbonyl (C=O) groups is 2. The van der Waals surface area contributed by atoms with Crippen LogP contribution in [0.1, 0.15) is 26.2 Å². The molecule has 2 aliphatic rings. The molecule has 0 aromatic heterocycles. The normalized spacial score (nSPS) is 31.1. The van der Waals surface area contributed by atoms with E-state index in [2.05, 4.69) is 10.6 Å². The third-order valence-electron chi connectivity index (χ3n) is 3.78. The van der Waals surface area contributed by atoms with E-state index in [9.17, 15) is 9.59 Å². The van der Waals surface area contributed by atoms with E-state index in [4.69, 9.17) is 9.84 Å². The number of aliphatic carboxylic acids is 1. The first-order valence-electron chi connectivity index (χ1n) is 6.38. The molecule has 3 N–H and O–H groups in total. The molecular formula is C12H20N2O4. The monoisotopic (exact) mass is 256 g/mol. The predicted molar refractivity (Wildman–Crippen MR) is 64.2 cm³/mol. The van der Waals surface area contributed by atoms with E-state index in [-0.39, 0.29) is 19.2 Å². The summed E-state index contributed by atoms with van der Waals surface area (Å²) >= 11 is 0. The fourth-order valence-corrected chi connectivity index (χ4v) is 2.09. The van der Waals surface area contributed by atoms with Crippen LogP contribution in [0.15, 0.2) is 0 Å². The van der Waals surface area contributed by atoms with Gasteiger partial charge in [0.05, 0.1) is 19.3 Å². The number of nitrogens with one attached hydrogen (secondary N) is 2. The van der Waals surface area contributed by atoms with Crippen LogP contribution < -0.4 is 10.6 Å². The lowest BCUT2D eigenvalue weighted by atomic mass is 9.85. The summed E-state index contributed by atoms with van der Waals surface area (Å²) in [6.07, 6.45) is 3.53. The Labute approximate surface area is 106 Å². The second-order valence-corrected chi connectivity index (χ2v) is 5.42. The second kappa shape index (κ2) is 5.14.